The molecule has 2 aromatic heterocycles. The van der Waals surface area contributed by atoms with Crippen LogP contribution in [0.5, 0.6) is 0 Å². The van der Waals surface area contributed by atoms with Crippen molar-refractivity contribution in [2.24, 2.45) is 0 Å². The van der Waals surface area contributed by atoms with Crippen molar-refractivity contribution in [3.8, 4) is 0 Å². The van der Waals surface area contributed by atoms with Gasteiger partial charge in [-0.15, -0.1) is 0 Å². The predicted octanol–water partition coefficient (Wildman–Crippen LogP) is 2.95. The zero-order valence-electron chi connectivity index (χ0n) is 10.4. The number of carbonyl (C=O) groups is 1. The third kappa shape index (κ3) is 3.54. The van der Waals surface area contributed by atoms with Gasteiger partial charge in [-0.25, -0.2) is 4.98 Å². The summed E-state index contributed by atoms with van der Waals surface area (Å²) < 4.78 is 2.29. The lowest BCUT2D eigenvalue weighted by atomic mass is 10.4. The first-order valence-electron chi connectivity index (χ1n) is 5.57. The molecule has 2 heterocycles. The second-order valence-corrected chi connectivity index (χ2v) is 5.34. The topological polar surface area (TPSA) is 59.8 Å². The van der Waals surface area contributed by atoms with Gasteiger partial charge in [0.05, 0.1) is 22.1 Å². The van der Waals surface area contributed by atoms with Crippen LogP contribution in [0.15, 0.2) is 22.8 Å². The van der Waals surface area contributed by atoms with Crippen LogP contribution in [-0.4, -0.2) is 20.7 Å². The number of nitrogens with zero attached hydrogens (tertiary/aromatic N) is 3. The molecule has 2 aromatic rings. The molecule has 0 aliphatic rings. The third-order valence-corrected chi connectivity index (χ3v) is 3.61. The van der Waals surface area contributed by atoms with E-state index in [4.69, 9.17) is 11.6 Å². The van der Waals surface area contributed by atoms with E-state index in [1.54, 1.807) is 10.7 Å². The van der Waals surface area contributed by atoms with Gasteiger partial charge < -0.3 is 5.32 Å². The number of aryl methyl sites for hydroxylation is 2. The van der Waals surface area contributed by atoms with E-state index in [2.05, 4.69) is 31.3 Å². The Morgan fingerprint density at radius 1 is 1.47 bits per heavy atom. The molecule has 0 atom stereocenters. The standard InChI is InChI=1S/C12H12BrClN4O/c1-7-3-8(2)18(17-7)6-11(19)16-9-4-10(13)12(14)15-5-9/h3-5H,6H2,1-2H3,(H,16,19). The Hall–Kier alpha value is -1.40. The molecule has 2 rings (SSSR count). The van der Waals surface area contributed by atoms with Gasteiger partial charge in [0.25, 0.3) is 0 Å². The summed E-state index contributed by atoms with van der Waals surface area (Å²) in [5, 5.41) is 7.34. The highest BCUT2D eigenvalue weighted by atomic mass is 79.9. The van der Waals surface area contributed by atoms with Crippen molar-refractivity contribution in [3.05, 3.63) is 39.3 Å². The van der Waals surface area contributed by atoms with Crippen LogP contribution in [0.25, 0.3) is 0 Å². The summed E-state index contributed by atoms with van der Waals surface area (Å²) >= 11 is 9.04. The summed E-state index contributed by atoms with van der Waals surface area (Å²) in [6.07, 6.45) is 1.51. The Morgan fingerprint density at radius 3 is 2.79 bits per heavy atom. The molecule has 7 heteroatoms. The minimum atomic E-state index is -0.165. The number of hydrogen-bond donors (Lipinski definition) is 1. The normalized spacial score (nSPS) is 10.5. The molecule has 0 fully saturated rings. The molecule has 0 saturated carbocycles. The quantitative estimate of drug-likeness (QED) is 0.872. The van der Waals surface area contributed by atoms with Gasteiger partial charge in [0, 0.05) is 5.69 Å². The van der Waals surface area contributed by atoms with E-state index in [0.717, 1.165) is 11.4 Å². The lowest BCUT2D eigenvalue weighted by Crippen LogP contribution is -2.20. The third-order valence-electron chi connectivity index (χ3n) is 2.48. The van der Waals surface area contributed by atoms with Crippen molar-refractivity contribution in [1.82, 2.24) is 14.8 Å². The van der Waals surface area contributed by atoms with Crippen molar-refractivity contribution >= 4 is 39.1 Å². The van der Waals surface area contributed by atoms with Crippen molar-refractivity contribution in [2.45, 2.75) is 20.4 Å². The molecule has 0 aliphatic carbocycles. The molecular formula is C12H12BrClN4O. The smallest absolute Gasteiger partial charge is 0.246 e. The van der Waals surface area contributed by atoms with Crippen LogP contribution in [0, 0.1) is 13.8 Å². The number of pyridine rings is 1. The first-order valence-corrected chi connectivity index (χ1v) is 6.75. The second-order valence-electron chi connectivity index (χ2n) is 4.13. The van der Waals surface area contributed by atoms with Crippen LogP contribution in [0.1, 0.15) is 11.4 Å². The number of carbonyl (C=O) groups excluding carboxylic acids is 1. The average Bonchev–Trinajstić information content (AvgIpc) is 2.62. The van der Waals surface area contributed by atoms with E-state index in [1.165, 1.54) is 6.20 Å². The average molecular weight is 344 g/mol. The number of amides is 1. The summed E-state index contributed by atoms with van der Waals surface area (Å²) in [6.45, 7) is 3.97. The Kier molecular flexibility index (Phi) is 4.21. The summed E-state index contributed by atoms with van der Waals surface area (Å²) in [4.78, 5) is 15.8. The number of rotatable bonds is 3. The van der Waals surface area contributed by atoms with E-state index < -0.39 is 0 Å². The molecule has 1 amide bonds. The molecule has 19 heavy (non-hydrogen) atoms. The fraction of sp³-hybridized carbons (Fsp3) is 0.250. The molecule has 0 radical (unpaired) electrons. The zero-order valence-corrected chi connectivity index (χ0v) is 12.8. The molecule has 0 unspecified atom stereocenters. The molecule has 0 bridgehead atoms. The minimum absolute atomic E-state index is 0.165. The Labute approximate surface area is 124 Å². The van der Waals surface area contributed by atoms with E-state index >= 15 is 0 Å². The Morgan fingerprint density at radius 2 is 2.21 bits per heavy atom. The highest BCUT2D eigenvalue weighted by Gasteiger charge is 2.08. The largest absolute Gasteiger partial charge is 0.323 e. The molecule has 0 spiro atoms. The van der Waals surface area contributed by atoms with Gasteiger partial charge in [-0.2, -0.15) is 5.10 Å². The van der Waals surface area contributed by atoms with E-state index in [1.807, 2.05) is 19.9 Å². The highest BCUT2D eigenvalue weighted by Crippen LogP contribution is 2.22. The molecule has 5 nitrogen and oxygen atoms in total. The molecule has 100 valence electrons. The van der Waals surface area contributed by atoms with Crippen LogP contribution in [0.3, 0.4) is 0 Å². The monoisotopic (exact) mass is 342 g/mol. The first kappa shape index (κ1) is 14.0. The number of anilines is 1. The predicted molar refractivity (Wildman–Crippen MR) is 77.3 cm³/mol. The molecule has 0 saturated heterocycles. The van der Waals surface area contributed by atoms with Crippen LogP contribution < -0.4 is 5.32 Å². The van der Waals surface area contributed by atoms with Gasteiger partial charge >= 0.3 is 0 Å². The summed E-state index contributed by atoms with van der Waals surface area (Å²) in [5.41, 5.74) is 2.42. The van der Waals surface area contributed by atoms with Gasteiger partial charge in [0.15, 0.2) is 0 Å². The Balaban J connectivity index is 2.05. The number of nitrogens with one attached hydrogen (secondary N) is 1. The fourth-order valence-corrected chi connectivity index (χ4v) is 2.11. The zero-order chi connectivity index (χ0) is 14.0. The lowest BCUT2D eigenvalue weighted by molar-refractivity contribution is -0.116. The van der Waals surface area contributed by atoms with Gasteiger partial charge in [-0.1, -0.05) is 11.6 Å². The minimum Gasteiger partial charge on any atom is -0.323 e. The molecule has 1 N–H and O–H groups in total. The molecular weight excluding hydrogens is 332 g/mol. The first-order chi connectivity index (χ1) is 8.95. The number of hydrogen-bond acceptors (Lipinski definition) is 3. The van der Waals surface area contributed by atoms with Gasteiger partial charge in [0.1, 0.15) is 11.7 Å². The maximum absolute atomic E-state index is 11.9. The fourth-order valence-electron chi connectivity index (χ4n) is 1.66. The van der Waals surface area contributed by atoms with Gasteiger partial charge in [-0.05, 0) is 41.9 Å². The summed E-state index contributed by atoms with van der Waals surface area (Å²) in [6, 6.07) is 3.63. The molecule has 0 aliphatic heterocycles. The second kappa shape index (κ2) is 5.71. The van der Waals surface area contributed by atoms with Crippen molar-refractivity contribution < 1.29 is 4.79 Å². The molecule has 0 aromatic carbocycles. The SMILES string of the molecule is Cc1cc(C)n(CC(=O)Nc2cnc(Cl)c(Br)c2)n1. The van der Waals surface area contributed by atoms with Crippen molar-refractivity contribution in [3.63, 3.8) is 0 Å². The number of aromatic nitrogens is 3. The van der Waals surface area contributed by atoms with E-state index in [-0.39, 0.29) is 12.5 Å². The van der Waals surface area contributed by atoms with E-state index in [0.29, 0.717) is 15.3 Å². The highest BCUT2D eigenvalue weighted by molar-refractivity contribution is 9.10. The van der Waals surface area contributed by atoms with Crippen LogP contribution >= 0.6 is 27.5 Å². The number of halogens is 2. The van der Waals surface area contributed by atoms with Crippen LogP contribution in [0.4, 0.5) is 5.69 Å². The summed E-state index contributed by atoms with van der Waals surface area (Å²) in [5.74, 6) is -0.165. The van der Waals surface area contributed by atoms with Crippen LogP contribution in [0.2, 0.25) is 5.15 Å². The Bertz CT molecular complexity index is 626. The maximum Gasteiger partial charge on any atom is 0.246 e. The van der Waals surface area contributed by atoms with E-state index in [9.17, 15) is 4.79 Å². The van der Waals surface area contributed by atoms with Crippen molar-refractivity contribution in [1.29, 1.82) is 0 Å². The summed E-state index contributed by atoms with van der Waals surface area (Å²) in [7, 11) is 0. The van der Waals surface area contributed by atoms with Crippen LogP contribution in [-0.2, 0) is 11.3 Å². The van der Waals surface area contributed by atoms with Gasteiger partial charge in [0.2, 0.25) is 5.91 Å². The maximum atomic E-state index is 11.9. The van der Waals surface area contributed by atoms with Crippen molar-refractivity contribution in [2.75, 3.05) is 5.32 Å². The lowest BCUT2D eigenvalue weighted by Gasteiger charge is -2.07. The van der Waals surface area contributed by atoms with Gasteiger partial charge in [-0.3, -0.25) is 9.48 Å².